The zero-order valence-electron chi connectivity index (χ0n) is 17.8. The lowest BCUT2D eigenvalue weighted by atomic mass is 10.1. The summed E-state index contributed by atoms with van der Waals surface area (Å²) in [5, 5.41) is 8.93. The highest BCUT2D eigenvalue weighted by Gasteiger charge is 2.26. The van der Waals surface area contributed by atoms with Crippen LogP contribution in [-0.2, 0) is 5.75 Å². The molecule has 0 aliphatic carbocycles. The molecule has 4 nitrogen and oxygen atoms in total. The number of nitrogens with zero attached hydrogens (tertiary/aromatic N) is 2. The molecule has 33 heavy (non-hydrogen) atoms. The van der Waals surface area contributed by atoms with Crippen LogP contribution < -0.4 is 4.74 Å². The second-order valence-corrected chi connectivity index (χ2v) is 8.79. The monoisotopic (exact) mass is 464 g/mol. The van der Waals surface area contributed by atoms with E-state index >= 15 is 0 Å². The summed E-state index contributed by atoms with van der Waals surface area (Å²) >= 11 is 1.58. The molecule has 0 radical (unpaired) electrons. The Bertz CT molecular complexity index is 1170. The number of likely N-dealkylation sites (tertiary alicyclic amines) is 1. The predicted octanol–water partition coefficient (Wildman–Crippen LogP) is 5.81. The van der Waals surface area contributed by atoms with E-state index in [2.05, 4.69) is 6.07 Å². The summed E-state index contributed by atoms with van der Waals surface area (Å²) in [5.41, 5.74) is 2.35. The Morgan fingerprint density at radius 1 is 1.06 bits per heavy atom. The van der Waals surface area contributed by atoms with Crippen LogP contribution in [0, 0.1) is 23.0 Å². The fourth-order valence-corrected chi connectivity index (χ4v) is 4.70. The molecule has 0 aromatic heterocycles. The second kappa shape index (κ2) is 10.5. The number of hydrogen-bond donors (Lipinski definition) is 0. The first-order chi connectivity index (χ1) is 16.0. The van der Waals surface area contributed by atoms with Crippen molar-refractivity contribution in [2.75, 3.05) is 13.1 Å². The number of piperidine rings is 1. The van der Waals surface area contributed by atoms with Gasteiger partial charge in [0.2, 0.25) is 0 Å². The molecule has 1 saturated heterocycles. The lowest BCUT2D eigenvalue weighted by Gasteiger charge is -2.32. The normalized spacial score (nSPS) is 14.0. The molecule has 1 heterocycles. The van der Waals surface area contributed by atoms with E-state index in [0.29, 0.717) is 42.8 Å². The van der Waals surface area contributed by atoms with Crippen molar-refractivity contribution < 1.29 is 18.3 Å². The summed E-state index contributed by atoms with van der Waals surface area (Å²) in [7, 11) is 0. The number of rotatable bonds is 6. The van der Waals surface area contributed by atoms with Crippen molar-refractivity contribution in [3.8, 4) is 11.8 Å². The van der Waals surface area contributed by atoms with E-state index in [1.54, 1.807) is 28.8 Å². The molecule has 1 aliphatic heterocycles. The van der Waals surface area contributed by atoms with Crippen molar-refractivity contribution in [2.45, 2.75) is 29.6 Å². The summed E-state index contributed by atoms with van der Waals surface area (Å²) in [6, 6.07) is 20.3. The molecule has 0 spiro atoms. The fourth-order valence-electron chi connectivity index (χ4n) is 3.70. The van der Waals surface area contributed by atoms with Gasteiger partial charge in [0.25, 0.3) is 5.91 Å². The number of carbonyl (C=O) groups excluding carboxylic acids is 1. The molecule has 1 aliphatic rings. The number of thioether (sulfide) groups is 1. The van der Waals surface area contributed by atoms with Crippen molar-refractivity contribution in [2.24, 2.45) is 0 Å². The SMILES string of the molecule is N#Cc1ccc(CSc2ccccc2C(=O)N2CCC(Oc3ccc(F)cc3F)CC2)cc1. The minimum Gasteiger partial charge on any atom is -0.487 e. The molecule has 7 heteroatoms. The molecular weight excluding hydrogens is 442 g/mol. The maximum atomic E-state index is 13.9. The first kappa shape index (κ1) is 22.8. The van der Waals surface area contributed by atoms with Crippen LogP contribution in [0.25, 0.3) is 0 Å². The third-order valence-electron chi connectivity index (χ3n) is 5.51. The van der Waals surface area contributed by atoms with Crippen molar-refractivity contribution in [3.63, 3.8) is 0 Å². The Morgan fingerprint density at radius 2 is 1.79 bits per heavy atom. The fraction of sp³-hybridized carbons (Fsp3) is 0.231. The van der Waals surface area contributed by atoms with Gasteiger partial charge in [-0.1, -0.05) is 24.3 Å². The van der Waals surface area contributed by atoms with E-state index in [-0.39, 0.29) is 17.8 Å². The number of carbonyl (C=O) groups is 1. The summed E-state index contributed by atoms with van der Waals surface area (Å²) in [4.78, 5) is 15.9. The van der Waals surface area contributed by atoms with Crippen LogP contribution in [0.2, 0.25) is 0 Å². The Hall–Kier alpha value is -3.37. The molecule has 168 valence electrons. The molecule has 0 bridgehead atoms. The molecule has 0 saturated carbocycles. The number of nitriles is 1. The maximum Gasteiger partial charge on any atom is 0.254 e. The van der Waals surface area contributed by atoms with Crippen molar-refractivity contribution in [1.29, 1.82) is 5.26 Å². The predicted molar refractivity (Wildman–Crippen MR) is 123 cm³/mol. The molecule has 1 fully saturated rings. The highest BCUT2D eigenvalue weighted by molar-refractivity contribution is 7.98. The molecule has 4 rings (SSSR count). The Labute approximate surface area is 195 Å². The Balaban J connectivity index is 1.36. The van der Waals surface area contributed by atoms with E-state index in [1.807, 2.05) is 36.4 Å². The van der Waals surface area contributed by atoms with Crippen LogP contribution in [0.3, 0.4) is 0 Å². The van der Waals surface area contributed by atoms with Crippen molar-refractivity contribution in [1.82, 2.24) is 4.90 Å². The number of ether oxygens (including phenoxy) is 1. The molecule has 3 aromatic carbocycles. The number of benzene rings is 3. The average Bonchev–Trinajstić information content (AvgIpc) is 2.85. The molecular formula is C26H22F2N2O2S. The third-order valence-corrected chi connectivity index (χ3v) is 6.66. The van der Waals surface area contributed by atoms with E-state index < -0.39 is 11.6 Å². The zero-order valence-corrected chi connectivity index (χ0v) is 18.7. The van der Waals surface area contributed by atoms with Gasteiger partial charge in [-0.25, -0.2) is 8.78 Å². The third kappa shape index (κ3) is 5.71. The van der Waals surface area contributed by atoms with Gasteiger partial charge in [0, 0.05) is 42.6 Å². The van der Waals surface area contributed by atoms with Gasteiger partial charge in [0.15, 0.2) is 11.6 Å². The molecule has 3 aromatic rings. The van der Waals surface area contributed by atoms with Gasteiger partial charge in [-0.3, -0.25) is 4.79 Å². The highest BCUT2D eigenvalue weighted by atomic mass is 32.2. The average molecular weight is 465 g/mol. The van der Waals surface area contributed by atoms with Crippen LogP contribution in [0.5, 0.6) is 5.75 Å². The van der Waals surface area contributed by atoms with Gasteiger partial charge < -0.3 is 9.64 Å². The lowest BCUT2D eigenvalue weighted by Crippen LogP contribution is -2.42. The van der Waals surface area contributed by atoms with E-state index in [4.69, 9.17) is 10.00 Å². The summed E-state index contributed by atoms with van der Waals surface area (Å²) in [5.74, 6) is -0.678. The molecule has 0 N–H and O–H groups in total. The first-order valence-corrected chi connectivity index (χ1v) is 11.6. The number of halogens is 2. The van der Waals surface area contributed by atoms with E-state index in [9.17, 15) is 13.6 Å². The Morgan fingerprint density at radius 3 is 2.48 bits per heavy atom. The molecule has 0 atom stereocenters. The highest BCUT2D eigenvalue weighted by Crippen LogP contribution is 2.29. The van der Waals surface area contributed by atoms with Crippen molar-refractivity contribution >= 4 is 17.7 Å². The maximum absolute atomic E-state index is 13.9. The van der Waals surface area contributed by atoms with Gasteiger partial charge in [-0.15, -0.1) is 11.8 Å². The smallest absolute Gasteiger partial charge is 0.254 e. The lowest BCUT2D eigenvalue weighted by molar-refractivity contribution is 0.0585. The van der Waals surface area contributed by atoms with E-state index in [1.165, 1.54) is 12.1 Å². The van der Waals surface area contributed by atoms with Crippen molar-refractivity contribution in [3.05, 3.63) is 95.1 Å². The largest absolute Gasteiger partial charge is 0.487 e. The zero-order chi connectivity index (χ0) is 23.2. The van der Waals surface area contributed by atoms with Gasteiger partial charge in [-0.05, 0) is 42.0 Å². The minimum absolute atomic E-state index is 0.0331. The summed E-state index contributed by atoms with van der Waals surface area (Å²) < 4.78 is 32.7. The number of hydrogen-bond acceptors (Lipinski definition) is 4. The van der Waals surface area contributed by atoms with Crippen LogP contribution in [0.4, 0.5) is 8.78 Å². The summed E-state index contributed by atoms with van der Waals surface area (Å²) in [6.07, 6.45) is 0.918. The molecule has 0 unspecified atom stereocenters. The van der Waals surface area contributed by atoms with E-state index in [0.717, 1.165) is 16.5 Å². The van der Waals surface area contributed by atoms with Crippen LogP contribution in [0.1, 0.15) is 34.3 Å². The minimum atomic E-state index is -0.721. The van der Waals surface area contributed by atoms with Crippen LogP contribution >= 0.6 is 11.8 Å². The second-order valence-electron chi connectivity index (χ2n) is 7.78. The first-order valence-electron chi connectivity index (χ1n) is 10.7. The van der Waals surface area contributed by atoms with Crippen LogP contribution in [0.15, 0.2) is 71.6 Å². The van der Waals surface area contributed by atoms with Gasteiger partial charge in [0.05, 0.1) is 17.2 Å². The van der Waals surface area contributed by atoms with Gasteiger partial charge in [0.1, 0.15) is 11.9 Å². The Kier molecular flexibility index (Phi) is 7.26. The summed E-state index contributed by atoms with van der Waals surface area (Å²) in [6.45, 7) is 1.00. The number of amides is 1. The molecule has 1 amide bonds. The van der Waals surface area contributed by atoms with Gasteiger partial charge in [-0.2, -0.15) is 5.26 Å². The topological polar surface area (TPSA) is 53.3 Å². The standard InChI is InChI=1S/C26H22F2N2O2S/c27-20-9-10-24(23(28)15-20)32-21-11-13-30(14-12-21)26(31)22-3-1-2-4-25(22)33-17-19-7-5-18(16-29)6-8-19/h1-10,15,21H,11-14,17H2. The quantitative estimate of drug-likeness (QED) is 0.432. The van der Waals surface area contributed by atoms with Gasteiger partial charge >= 0.3 is 0 Å². The van der Waals surface area contributed by atoms with Crippen LogP contribution in [-0.4, -0.2) is 30.0 Å².